The minimum atomic E-state index is -3.24. The van der Waals surface area contributed by atoms with Gasteiger partial charge in [0, 0.05) is 24.7 Å². The average Bonchev–Trinajstić information content (AvgIpc) is 2.39. The van der Waals surface area contributed by atoms with Crippen LogP contribution >= 0.6 is 0 Å². The predicted molar refractivity (Wildman–Crippen MR) is 75.8 cm³/mol. The third kappa shape index (κ3) is 3.32. The van der Waals surface area contributed by atoms with Crippen LogP contribution in [0.2, 0.25) is 0 Å². The number of nitrogens with zero attached hydrogens (tertiary/aromatic N) is 1. The van der Waals surface area contributed by atoms with Gasteiger partial charge >= 0.3 is 0 Å². The number of hydrogen-bond donors (Lipinski definition) is 1. The Balaban J connectivity index is 2.30. The van der Waals surface area contributed by atoms with E-state index in [0.717, 1.165) is 5.56 Å². The van der Waals surface area contributed by atoms with Crippen LogP contribution in [0, 0.1) is 0 Å². The quantitative estimate of drug-likeness (QED) is 0.932. The Kier molecular flexibility index (Phi) is 3.85. The van der Waals surface area contributed by atoms with Gasteiger partial charge < -0.3 is 5.32 Å². The molecule has 1 unspecified atom stereocenters. The molecular weight excluding hydrogens is 260 g/mol. The van der Waals surface area contributed by atoms with E-state index >= 15 is 0 Å². The van der Waals surface area contributed by atoms with Crippen molar-refractivity contribution >= 4 is 15.5 Å². The largest absolute Gasteiger partial charge is 0.377 e. The number of anilines is 1. The van der Waals surface area contributed by atoms with E-state index in [0.29, 0.717) is 10.6 Å². The number of hydrogen-bond acceptors (Lipinski definition) is 4. The molecule has 100 valence electrons. The second-order valence-electron chi connectivity index (χ2n) is 4.41. The lowest BCUT2D eigenvalue weighted by molar-refractivity contribution is 0.602. The molecule has 0 bridgehead atoms. The first-order valence-electron chi connectivity index (χ1n) is 5.94. The molecule has 0 amide bonds. The van der Waals surface area contributed by atoms with Crippen molar-refractivity contribution in [3.05, 3.63) is 54.4 Å². The summed E-state index contributed by atoms with van der Waals surface area (Å²) in [6, 6.07) is 10.7. The molecule has 0 radical (unpaired) electrons. The number of sulfone groups is 1. The van der Waals surface area contributed by atoms with Crippen LogP contribution in [0.3, 0.4) is 0 Å². The topological polar surface area (TPSA) is 59.1 Å². The second-order valence-corrected chi connectivity index (χ2v) is 6.40. The van der Waals surface area contributed by atoms with E-state index in [9.17, 15) is 8.42 Å². The van der Waals surface area contributed by atoms with Crippen molar-refractivity contribution in [1.29, 1.82) is 0 Å². The summed E-state index contributed by atoms with van der Waals surface area (Å²) >= 11 is 0. The number of rotatable bonds is 4. The Bertz CT molecular complexity index is 654. The highest BCUT2D eigenvalue weighted by Crippen LogP contribution is 2.25. The van der Waals surface area contributed by atoms with E-state index in [4.69, 9.17) is 0 Å². The van der Waals surface area contributed by atoms with Gasteiger partial charge in [0.1, 0.15) is 0 Å². The first-order chi connectivity index (χ1) is 8.98. The lowest BCUT2D eigenvalue weighted by Crippen LogP contribution is -2.10. The molecule has 1 atom stereocenters. The summed E-state index contributed by atoms with van der Waals surface area (Å²) in [6.45, 7) is 1.98. The number of para-hydroxylation sites is 1. The van der Waals surface area contributed by atoms with Gasteiger partial charge in [-0.1, -0.05) is 12.1 Å². The highest BCUT2D eigenvalue weighted by Gasteiger charge is 2.14. The molecule has 1 heterocycles. The van der Waals surface area contributed by atoms with Gasteiger partial charge in [0.05, 0.1) is 10.6 Å². The molecule has 1 aromatic carbocycles. The zero-order chi connectivity index (χ0) is 13.9. The average molecular weight is 276 g/mol. The molecule has 2 rings (SSSR count). The lowest BCUT2D eigenvalue weighted by atomic mass is 10.1. The molecule has 5 heteroatoms. The Morgan fingerprint density at radius 3 is 2.37 bits per heavy atom. The standard InChI is InChI=1S/C14H16N2O2S/c1-11(12-7-9-15-10-8-12)16-13-5-3-4-6-14(13)19(2,17)18/h3-11,16H,1-2H3. The number of benzene rings is 1. The van der Waals surface area contributed by atoms with Gasteiger partial charge in [-0.05, 0) is 36.8 Å². The third-order valence-corrected chi connectivity index (χ3v) is 4.02. The molecule has 0 aliphatic rings. The van der Waals surface area contributed by atoms with E-state index in [1.165, 1.54) is 6.26 Å². The summed E-state index contributed by atoms with van der Waals surface area (Å²) in [7, 11) is -3.24. The Morgan fingerprint density at radius 2 is 1.74 bits per heavy atom. The SMILES string of the molecule is CC(Nc1ccccc1S(C)(=O)=O)c1ccncc1. The molecule has 1 aromatic heterocycles. The van der Waals surface area contributed by atoms with E-state index in [-0.39, 0.29) is 6.04 Å². The summed E-state index contributed by atoms with van der Waals surface area (Å²) in [4.78, 5) is 4.28. The summed E-state index contributed by atoms with van der Waals surface area (Å²) in [5.74, 6) is 0. The molecule has 0 aliphatic heterocycles. The molecule has 0 fully saturated rings. The second kappa shape index (κ2) is 5.40. The van der Waals surface area contributed by atoms with Crippen molar-refractivity contribution in [2.24, 2.45) is 0 Å². The highest BCUT2D eigenvalue weighted by molar-refractivity contribution is 7.90. The zero-order valence-electron chi connectivity index (χ0n) is 10.9. The van der Waals surface area contributed by atoms with Crippen LogP contribution in [-0.2, 0) is 9.84 Å². The van der Waals surface area contributed by atoms with Crippen LogP contribution in [0.5, 0.6) is 0 Å². The van der Waals surface area contributed by atoms with Crippen molar-refractivity contribution in [3.63, 3.8) is 0 Å². The summed E-state index contributed by atoms with van der Waals surface area (Å²) < 4.78 is 23.4. The van der Waals surface area contributed by atoms with Gasteiger partial charge in [-0.15, -0.1) is 0 Å². The van der Waals surface area contributed by atoms with E-state index in [1.807, 2.05) is 25.1 Å². The normalized spacial score (nSPS) is 12.9. The molecular formula is C14H16N2O2S. The summed E-state index contributed by atoms with van der Waals surface area (Å²) in [5.41, 5.74) is 1.67. The fraction of sp³-hybridized carbons (Fsp3) is 0.214. The molecule has 19 heavy (non-hydrogen) atoms. The van der Waals surface area contributed by atoms with Crippen LogP contribution < -0.4 is 5.32 Å². The van der Waals surface area contributed by atoms with Gasteiger partial charge in [-0.25, -0.2) is 8.42 Å². The van der Waals surface area contributed by atoms with Crippen molar-refractivity contribution in [2.75, 3.05) is 11.6 Å². The first-order valence-corrected chi connectivity index (χ1v) is 7.83. The minimum absolute atomic E-state index is 0.00546. The number of aromatic nitrogens is 1. The van der Waals surface area contributed by atoms with Crippen molar-refractivity contribution in [2.45, 2.75) is 17.9 Å². The van der Waals surface area contributed by atoms with E-state index < -0.39 is 9.84 Å². The van der Waals surface area contributed by atoms with Crippen LogP contribution in [0.1, 0.15) is 18.5 Å². The van der Waals surface area contributed by atoms with Crippen LogP contribution in [0.15, 0.2) is 53.7 Å². The monoisotopic (exact) mass is 276 g/mol. The molecule has 2 aromatic rings. The molecule has 0 aliphatic carbocycles. The molecule has 1 N–H and O–H groups in total. The van der Waals surface area contributed by atoms with Gasteiger partial charge in [0.15, 0.2) is 9.84 Å². The van der Waals surface area contributed by atoms with Gasteiger partial charge in [0.2, 0.25) is 0 Å². The van der Waals surface area contributed by atoms with E-state index in [1.54, 1.807) is 30.6 Å². The molecule has 4 nitrogen and oxygen atoms in total. The number of pyridine rings is 1. The predicted octanol–water partition coefficient (Wildman–Crippen LogP) is 2.66. The van der Waals surface area contributed by atoms with Gasteiger partial charge in [0.25, 0.3) is 0 Å². The fourth-order valence-electron chi connectivity index (χ4n) is 1.88. The Labute approximate surface area is 113 Å². The summed E-state index contributed by atoms with van der Waals surface area (Å²) in [6.07, 6.45) is 4.65. The Morgan fingerprint density at radius 1 is 1.11 bits per heavy atom. The molecule has 0 saturated carbocycles. The molecule has 0 saturated heterocycles. The van der Waals surface area contributed by atoms with Crippen LogP contribution in [-0.4, -0.2) is 19.7 Å². The van der Waals surface area contributed by atoms with Gasteiger partial charge in [-0.3, -0.25) is 4.98 Å². The maximum absolute atomic E-state index is 11.7. The van der Waals surface area contributed by atoms with Crippen molar-refractivity contribution in [1.82, 2.24) is 4.98 Å². The smallest absolute Gasteiger partial charge is 0.177 e. The zero-order valence-corrected chi connectivity index (χ0v) is 11.7. The number of nitrogens with one attached hydrogen (secondary N) is 1. The van der Waals surface area contributed by atoms with Crippen LogP contribution in [0.4, 0.5) is 5.69 Å². The summed E-state index contributed by atoms with van der Waals surface area (Å²) in [5, 5.41) is 3.23. The van der Waals surface area contributed by atoms with E-state index in [2.05, 4.69) is 10.3 Å². The minimum Gasteiger partial charge on any atom is -0.377 e. The van der Waals surface area contributed by atoms with Crippen molar-refractivity contribution in [3.8, 4) is 0 Å². The third-order valence-electron chi connectivity index (χ3n) is 2.86. The maximum Gasteiger partial charge on any atom is 0.177 e. The maximum atomic E-state index is 11.7. The highest BCUT2D eigenvalue weighted by atomic mass is 32.2. The van der Waals surface area contributed by atoms with Gasteiger partial charge in [-0.2, -0.15) is 0 Å². The molecule has 0 spiro atoms. The van der Waals surface area contributed by atoms with Crippen LogP contribution in [0.25, 0.3) is 0 Å². The Hall–Kier alpha value is -1.88. The first kappa shape index (κ1) is 13.5. The van der Waals surface area contributed by atoms with Crippen molar-refractivity contribution < 1.29 is 8.42 Å². The lowest BCUT2D eigenvalue weighted by Gasteiger charge is -2.17. The fourth-order valence-corrected chi connectivity index (χ4v) is 2.73.